The van der Waals surface area contributed by atoms with E-state index in [2.05, 4.69) is 19.1 Å². The summed E-state index contributed by atoms with van der Waals surface area (Å²) in [6.45, 7) is 2.26. The topological polar surface area (TPSA) is 26.3 Å². The first-order chi connectivity index (χ1) is 10.7. The van der Waals surface area contributed by atoms with E-state index in [4.69, 9.17) is 4.74 Å². The fourth-order valence-electron chi connectivity index (χ4n) is 7.11. The van der Waals surface area contributed by atoms with Crippen LogP contribution in [0.3, 0.4) is 0 Å². The van der Waals surface area contributed by atoms with Gasteiger partial charge < -0.3 is 4.74 Å². The zero-order valence-electron chi connectivity index (χ0n) is 13.7. The number of fused-ring (bicyclic) bond motifs is 2. The van der Waals surface area contributed by atoms with Crippen LogP contribution in [-0.4, -0.2) is 11.6 Å². The second-order valence-corrected chi connectivity index (χ2v) is 8.92. The maximum Gasteiger partial charge on any atom is 0.310 e. The highest BCUT2D eigenvalue weighted by atomic mass is 16.6. The predicted molar refractivity (Wildman–Crippen MR) is 85.0 cm³/mol. The minimum absolute atomic E-state index is 0.101. The minimum atomic E-state index is -0.101. The largest absolute Gasteiger partial charge is 0.458 e. The van der Waals surface area contributed by atoms with E-state index in [0.29, 0.717) is 23.7 Å². The molecule has 0 saturated heterocycles. The van der Waals surface area contributed by atoms with Crippen molar-refractivity contribution >= 4 is 5.97 Å². The first-order valence-corrected chi connectivity index (χ1v) is 9.59. The van der Waals surface area contributed by atoms with Gasteiger partial charge in [-0.25, -0.2) is 0 Å². The van der Waals surface area contributed by atoms with E-state index in [0.717, 1.165) is 24.7 Å². The van der Waals surface area contributed by atoms with Crippen molar-refractivity contribution in [3.8, 4) is 0 Å². The van der Waals surface area contributed by atoms with E-state index >= 15 is 0 Å². The van der Waals surface area contributed by atoms with Gasteiger partial charge in [0.1, 0.15) is 5.60 Å². The third-order valence-electron chi connectivity index (χ3n) is 7.95. The first-order valence-electron chi connectivity index (χ1n) is 9.59. The molecule has 0 amide bonds. The van der Waals surface area contributed by atoms with Crippen LogP contribution in [0.2, 0.25) is 0 Å². The number of rotatable bonds is 3. The van der Waals surface area contributed by atoms with Crippen LogP contribution < -0.4 is 0 Å². The van der Waals surface area contributed by atoms with Crippen molar-refractivity contribution in [1.82, 2.24) is 0 Å². The molecule has 0 unspecified atom stereocenters. The highest BCUT2D eigenvalue weighted by molar-refractivity contribution is 5.74. The molecular weight excluding hydrogens is 272 g/mol. The maximum absolute atomic E-state index is 12.9. The van der Waals surface area contributed by atoms with Gasteiger partial charge >= 0.3 is 5.97 Å². The Labute approximate surface area is 133 Å². The molecule has 2 heteroatoms. The van der Waals surface area contributed by atoms with Crippen LogP contribution in [0.5, 0.6) is 0 Å². The van der Waals surface area contributed by atoms with E-state index in [-0.39, 0.29) is 17.5 Å². The molecule has 0 spiro atoms. The average Bonchev–Trinajstić information content (AvgIpc) is 3.13. The van der Waals surface area contributed by atoms with Gasteiger partial charge in [0.15, 0.2) is 0 Å². The molecule has 0 radical (unpaired) electrons. The van der Waals surface area contributed by atoms with Gasteiger partial charge in [-0.05, 0) is 86.9 Å². The highest BCUT2D eigenvalue weighted by Crippen LogP contribution is 2.61. The Morgan fingerprint density at radius 2 is 1.68 bits per heavy atom. The Morgan fingerprint density at radius 3 is 2.18 bits per heavy atom. The molecule has 6 rings (SSSR count). The number of hydrogen-bond donors (Lipinski definition) is 0. The van der Waals surface area contributed by atoms with Gasteiger partial charge in [-0.2, -0.15) is 0 Å². The van der Waals surface area contributed by atoms with Crippen molar-refractivity contribution in [3.63, 3.8) is 0 Å². The van der Waals surface area contributed by atoms with Gasteiger partial charge in [-0.3, -0.25) is 4.79 Å². The van der Waals surface area contributed by atoms with Gasteiger partial charge in [0.05, 0.1) is 5.92 Å². The van der Waals surface area contributed by atoms with Crippen LogP contribution in [0, 0.1) is 41.4 Å². The molecule has 6 bridgehead atoms. The van der Waals surface area contributed by atoms with E-state index in [1.807, 2.05) is 0 Å². The number of allylic oxidation sites excluding steroid dienone is 2. The third-order valence-corrected chi connectivity index (χ3v) is 7.95. The van der Waals surface area contributed by atoms with Crippen molar-refractivity contribution in [3.05, 3.63) is 12.2 Å². The van der Waals surface area contributed by atoms with Crippen LogP contribution in [0.1, 0.15) is 58.3 Å². The molecule has 5 fully saturated rings. The SMILES string of the molecule is CCC1(OC(=O)[C@H]2C[C@H]3C=C[C@H]2C3)C2CC3CC(C2)CC1C3. The van der Waals surface area contributed by atoms with E-state index in [1.54, 1.807) is 0 Å². The van der Waals surface area contributed by atoms with Crippen LogP contribution in [-0.2, 0) is 9.53 Å². The molecule has 0 aromatic rings. The summed E-state index contributed by atoms with van der Waals surface area (Å²) in [5.74, 6) is 4.62. The lowest BCUT2D eigenvalue weighted by Crippen LogP contribution is -2.59. The van der Waals surface area contributed by atoms with Gasteiger partial charge in [0.25, 0.3) is 0 Å². The monoisotopic (exact) mass is 300 g/mol. The lowest BCUT2D eigenvalue weighted by atomic mass is 9.49. The molecule has 2 nitrogen and oxygen atoms in total. The van der Waals surface area contributed by atoms with Crippen molar-refractivity contribution < 1.29 is 9.53 Å². The molecule has 6 aliphatic carbocycles. The fourth-order valence-corrected chi connectivity index (χ4v) is 7.11. The second-order valence-electron chi connectivity index (χ2n) is 8.92. The van der Waals surface area contributed by atoms with E-state index in [1.165, 1.54) is 38.5 Å². The quantitative estimate of drug-likeness (QED) is 0.572. The van der Waals surface area contributed by atoms with Crippen molar-refractivity contribution in [1.29, 1.82) is 0 Å². The summed E-state index contributed by atoms with van der Waals surface area (Å²) in [6, 6.07) is 0. The Morgan fingerprint density at radius 1 is 1.00 bits per heavy atom. The summed E-state index contributed by atoms with van der Waals surface area (Å²) in [5.41, 5.74) is -0.101. The smallest absolute Gasteiger partial charge is 0.310 e. The molecule has 0 aliphatic heterocycles. The molecule has 0 aromatic heterocycles. The molecule has 3 atom stereocenters. The standard InChI is InChI=1S/C20H28O2/c1-2-20(16-7-13-5-14(9-16)10-17(20)8-13)22-19(21)18-11-12-3-4-15(18)6-12/h3-4,12-18H,2,5-11H2,1H3/t12-,13?,14?,15-,16?,17?,18-,20?/m0/s1. The van der Waals surface area contributed by atoms with Gasteiger partial charge in [0, 0.05) is 0 Å². The Bertz CT molecular complexity index is 492. The Hall–Kier alpha value is -0.790. The summed E-state index contributed by atoms with van der Waals surface area (Å²) in [5, 5.41) is 0. The summed E-state index contributed by atoms with van der Waals surface area (Å²) in [6.07, 6.45) is 14.6. The normalized spacial score (nSPS) is 54.1. The molecule has 0 aromatic carbocycles. The fraction of sp³-hybridized carbons (Fsp3) is 0.850. The molecule has 5 saturated carbocycles. The first kappa shape index (κ1) is 13.6. The number of ether oxygens (including phenoxy) is 1. The predicted octanol–water partition coefficient (Wildman–Crippen LogP) is 4.35. The van der Waals surface area contributed by atoms with Crippen LogP contribution in [0.15, 0.2) is 12.2 Å². The number of esters is 1. The van der Waals surface area contributed by atoms with Crippen molar-refractivity contribution in [2.45, 2.75) is 63.9 Å². The van der Waals surface area contributed by atoms with Crippen LogP contribution >= 0.6 is 0 Å². The molecule has 0 heterocycles. The van der Waals surface area contributed by atoms with Crippen molar-refractivity contribution in [2.24, 2.45) is 41.4 Å². The molecule has 120 valence electrons. The zero-order chi connectivity index (χ0) is 14.9. The molecule has 22 heavy (non-hydrogen) atoms. The summed E-state index contributed by atoms with van der Waals surface area (Å²) >= 11 is 0. The number of carbonyl (C=O) groups excluding carboxylic acids is 1. The second kappa shape index (κ2) is 4.61. The van der Waals surface area contributed by atoms with Gasteiger partial charge in [-0.1, -0.05) is 19.1 Å². The molecular formula is C20H28O2. The summed E-state index contributed by atoms with van der Waals surface area (Å²) in [4.78, 5) is 12.9. The van der Waals surface area contributed by atoms with E-state index < -0.39 is 0 Å². The lowest BCUT2D eigenvalue weighted by Gasteiger charge is -2.60. The molecule has 0 N–H and O–H groups in total. The van der Waals surface area contributed by atoms with Crippen molar-refractivity contribution in [2.75, 3.05) is 0 Å². The molecule has 6 aliphatic rings. The lowest BCUT2D eigenvalue weighted by molar-refractivity contribution is -0.215. The van der Waals surface area contributed by atoms with Crippen LogP contribution in [0.25, 0.3) is 0 Å². The number of carbonyl (C=O) groups is 1. The summed E-state index contributed by atoms with van der Waals surface area (Å²) in [7, 11) is 0. The Kier molecular flexibility index (Phi) is 2.86. The van der Waals surface area contributed by atoms with Crippen LogP contribution in [0.4, 0.5) is 0 Å². The maximum atomic E-state index is 12.9. The number of hydrogen-bond acceptors (Lipinski definition) is 2. The van der Waals surface area contributed by atoms with Gasteiger partial charge in [0.2, 0.25) is 0 Å². The highest BCUT2D eigenvalue weighted by Gasteiger charge is 2.59. The summed E-state index contributed by atoms with van der Waals surface area (Å²) < 4.78 is 6.43. The Balaban J connectivity index is 1.38. The van der Waals surface area contributed by atoms with E-state index in [9.17, 15) is 4.79 Å². The zero-order valence-corrected chi connectivity index (χ0v) is 13.7. The third kappa shape index (κ3) is 1.76. The minimum Gasteiger partial charge on any atom is -0.458 e. The van der Waals surface area contributed by atoms with Gasteiger partial charge in [-0.15, -0.1) is 0 Å². The average molecular weight is 300 g/mol.